The zero-order chi connectivity index (χ0) is 14.7. The first-order valence-electron chi connectivity index (χ1n) is 5.46. The number of nitrogens with one attached hydrogen (secondary N) is 1. The minimum atomic E-state index is -1.01. The van der Waals surface area contributed by atoms with E-state index in [9.17, 15) is 9.59 Å². The highest BCUT2D eigenvalue weighted by Gasteiger charge is 2.10. The Morgan fingerprint density at radius 3 is 2.85 bits per heavy atom. The minimum absolute atomic E-state index is 0.262. The molecule has 2 aromatic rings. The molecule has 0 unspecified atom stereocenters. The molecule has 0 saturated carbocycles. The highest BCUT2D eigenvalue weighted by atomic mass is 79.9. The van der Waals surface area contributed by atoms with E-state index in [1.165, 1.54) is 17.1 Å². The summed E-state index contributed by atoms with van der Waals surface area (Å²) in [4.78, 5) is 22.5. The van der Waals surface area contributed by atoms with Gasteiger partial charge < -0.3 is 10.4 Å². The van der Waals surface area contributed by atoms with Crippen LogP contribution in [0.3, 0.4) is 0 Å². The third-order valence-corrected chi connectivity index (χ3v) is 3.58. The molecule has 2 rings (SSSR count). The number of nitrogens with zero attached hydrogens (tertiary/aromatic N) is 2. The number of carboxylic acid groups (broad SMARTS) is 1. The number of carbonyl (C=O) groups excluding carboxylic acids is 1. The van der Waals surface area contributed by atoms with Gasteiger partial charge in [-0.3, -0.25) is 14.3 Å². The molecule has 0 saturated heterocycles. The summed E-state index contributed by atoms with van der Waals surface area (Å²) in [7, 11) is 0. The second kappa shape index (κ2) is 6.06. The molecule has 0 bridgehead atoms. The lowest BCUT2D eigenvalue weighted by atomic mass is 10.2. The van der Waals surface area contributed by atoms with Crippen molar-refractivity contribution < 1.29 is 14.7 Å². The van der Waals surface area contributed by atoms with Crippen molar-refractivity contribution in [1.29, 1.82) is 0 Å². The molecule has 1 amide bonds. The normalized spacial score (nSPS) is 10.3. The Hall–Kier alpha value is -1.86. The summed E-state index contributed by atoms with van der Waals surface area (Å²) in [6.07, 6.45) is 2.82. The van der Waals surface area contributed by atoms with Crippen molar-refractivity contribution >= 4 is 45.1 Å². The van der Waals surface area contributed by atoms with Gasteiger partial charge in [-0.05, 0) is 34.1 Å². The van der Waals surface area contributed by atoms with Crippen LogP contribution >= 0.6 is 27.5 Å². The summed E-state index contributed by atoms with van der Waals surface area (Å²) in [5.41, 5.74) is 0.842. The Morgan fingerprint density at radius 2 is 2.20 bits per heavy atom. The van der Waals surface area contributed by atoms with E-state index >= 15 is 0 Å². The lowest BCUT2D eigenvalue weighted by Crippen LogP contribution is -2.12. The lowest BCUT2D eigenvalue weighted by molar-refractivity contribution is -0.137. The fraction of sp³-hybridized carbons (Fsp3) is 0.0833. The maximum Gasteiger partial charge on any atom is 0.325 e. The number of carboxylic acids is 1. The molecule has 104 valence electrons. The van der Waals surface area contributed by atoms with Crippen LogP contribution < -0.4 is 5.32 Å². The zero-order valence-electron chi connectivity index (χ0n) is 10.0. The molecule has 2 N–H and O–H groups in total. The van der Waals surface area contributed by atoms with Crippen LogP contribution in [0.25, 0.3) is 0 Å². The molecule has 1 heterocycles. The molecule has 1 aromatic heterocycles. The number of rotatable bonds is 4. The third kappa shape index (κ3) is 3.58. The maximum atomic E-state index is 12.0. The number of aromatic nitrogens is 2. The van der Waals surface area contributed by atoms with E-state index < -0.39 is 5.97 Å². The minimum Gasteiger partial charge on any atom is -0.480 e. The molecule has 6 nitrogen and oxygen atoms in total. The number of amides is 1. The standard InChI is InChI=1S/C12H9BrClN3O3/c13-9-3-7(1-2-10(9)14)12(20)16-8-4-15-17(5-8)6-11(18)19/h1-5H,6H2,(H,16,20)(H,18,19). The van der Waals surface area contributed by atoms with Crippen LogP contribution in [0.2, 0.25) is 5.02 Å². The van der Waals surface area contributed by atoms with Gasteiger partial charge in [-0.25, -0.2) is 0 Å². The molecule has 0 aliphatic rings. The second-order valence-corrected chi connectivity index (χ2v) is 5.16. The molecule has 8 heteroatoms. The Bertz CT molecular complexity index is 672. The predicted octanol–water partition coefficient (Wildman–Crippen LogP) is 2.64. The molecule has 0 aliphatic heterocycles. The Kier molecular flexibility index (Phi) is 4.41. The number of carbonyl (C=O) groups is 2. The molecule has 0 radical (unpaired) electrons. The summed E-state index contributed by atoms with van der Waals surface area (Å²) in [5.74, 6) is -1.34. The fourth-order valence-corrected chi connectivity index (χ4v) is 1.99. The number of halogens is 2. The van der Waals surface area contributed by atoms with Gasteiger partial charge in [0.15, 0.2) is 0 Å². The van der Waals surface area contributed by atoms with Crippen molar-refractivity contribution in [3.63, 3.8) is 0 Å². The first kappa shape index (κ1) is 14.5. The van der Waals surface area contributed by atoms with Crippen molar-refractivity contribution in [2.24, 2.45) is 0 Å². The van der Waals surface area contributed by atoms with Crippen LogP contribution in [0.15, 0.2) is 35.1 Å². The fourth-order valence-electron chi connectivity index (χ4n) is 1.49. The average Bonchev–Trinajstić information content (AvgIpc) is 2.79. The molecule has 20 heavy (non-hydrogen) atoms. The van der Waals surface area contributed by atoms with Crippen molar-refractivity contribution in [1.82, 2.24) is 9.78 Å². The first-order chi connectivity index (χ1) is 9.45. The number of hydrogen-bond donors (Lipinski definition) is 2. The molecule has 0 fully saturated rings. The summed E-state index contributed by atoms with van der Waals surface area (Å²) >= 11 is 9.09. The summed E-state index contributed by atoms with van der Waals surface area (Å²) in [6.45, 7) is -0.262. The van der Waals surface area contributed by atoms with E-state index in [1.807, 2.05) is 0 Å². The molecular formula is C12H9BrClN3O3. The van der Waals surface area contributed by atoms with Crippen LogP contribution in [-0.2, 0) is 11.3 Å². The van der Waals surface area contributed by atoms with E-state index in [-0.39, 0.29) is 12.5 Å². The van der Waals surface area contributed by atoms with Crippen LogP contribution in [0, 0.1) is 0 Å². The number of benzene rings is 1. The van der Waals surface area contributed by atoms with Crippen molar-refractivity contribution in [3.8, 4) is 0 Å². The van der Waals surface area contributed by atoms with Crippen LogP contribution in [0.5, 0.6) is 0 Å². The molecule has 1 aromatic carbocycles. The number of hydrogen-bond acceptors (Lipinski definition) is 3. The van der Waals surface area contributed by atoms with Gasteiger partial charge >= 0.3 is 5.97 Å². The first-order valence-corrected chi connectivity index (χ1v) is 6.63. The van der Waals surface area contributed by atoms with Gasteiger partial charge in [-0.1, -0.05) is 11.6 Å². The van der Waals surface area contributed by atoms with Crippen LogP contribution in [0.4, 0.5) is 5.69 Å². The van der Waals surface area contributed by atoms with E-state index in [2.05, 4.69) is 26.3 Å². The quantitative estimate of drug-likeness (QED) is 0.880. The highest BCUT2D eigenvalue weighted by Crippen LogP contribution is 2.23. The van der Waals surface area contributed by atoms with Crippen LogP contribution in [-0.4, -0.2) is 26.8 Å². The van der Waals surface area contributed by atoms with E-state index in [4.69, 9.17) is 16.7 Å². The van der Waals surface area contributed by atoms with Gasteiger partial charge in [0, 0.05) is 16.2 Å². The molecule has 0 atom stereocenters. The number of anilines is 1. The van der Waals surface area contributed by atoms with E-state index in [0.717, 1.165) is 0 Å². The van der Waals surface area contributed by atoms with Crippen molar-refractivity contribution in [3.05, 3.63) is 45.7 Å². The third-order valence-electron chi connectivity index (χ3n) is 2.37. The SMILES string of the molecule is O=C(O)Cn1cc(NC(=O)c2ccc(Cl)c(Br)c2)cn1. The zero-order valence-corrected chi connectivity index (χ0v) is 12.3. The monoisotopic (exact) mass is 357 g/mol. The van der Waals surface area contributed by atoms with Gasteiger partial charge in [0.2, 0.25) is 0 Å². The molecule has 0 spiro atoms. The van der Waals surface area contributed by atoms with E-state index in [0.29, 0.717) is 20.7 Å². The average molecular weight is 359 g/mol. The van der Waals surface area contributed by atoms with Gasteiger partial charge in [-0.2, -0.15) is 5.10 Å². The van der Waals surface area contributed by atoms with Gasteiger partial charge in [-0.15, -0.1) is 0 Å². The lowest BCUT2D eigenvalue weighted by Gasteiger charge is -2.03. The predicted molar refractivity (Wildman–Crippen MR) is 77.0 cm³/mol. The Labute approximate surface area is 127 Å². The summed E-state index contributed by atoms with van der Waals surface area (Å²) in [5, 5.41) is 15.6. The Morgan fingerprint density at radius 1 is 1.45 bits per heavy atom. The largest absolute Gasteiger partial charge is 0.480 e. The van der Waals surface area contributed by atoms with Crippen molar-refractivity contribution in [2.45, 2.75) is 6.54 Å². The molecular weight excluding hydrogens is 350 g/mol. The second-order valence-electron chi connectivity index (χ2n) is 3.90. The van der Waals surface area contributed by atoms with Gasteiger partial charge in [0.05, 0.1) is 16.9 Å². The van der Waals surface area contributed by atoms with Crippen molar-refractivity contribution in [2.75, 3.05) is 5.32 Å². The van der Waals surface area contributed by atoms with Gasteiger partial charge in [0.25, 0.3) is 5.91 Å². The topological polar surface area (TPSA) is 84.2 Å². The molecule has 0 aliphatic carbocycles. The van der Waals surface area contributed by atoms with E-state index in [1.54, 1.807) is 18.2 Å². The summed E-state index contributed by atoms with van der Waals surface area (Å²) in [6, 6.07) is 4.79. The highest BCUT2D eigenvalue weighted by molar-refractivity contribution is 9.10. The number of aliphatic carboxylic acids is 1. The van der Waals surface area contributed by atoms with Crippen LogP contribution in [0.1, 0.15) is 10.4 Å². The maximum absolute atomic E-state index is 12.0. The summed E-state index contributed by atoms with van der Waals surface area (Å²) < 4.78 is 1.84. The smallest absolute Gasteiger partial charge is 0.325 e. The Balaban J connectivity index is 2.09. The van der Waals surface area contributed by atoms with Gasteiger partial charge in [0.1, 0.15) is 6.54 Å².